The Morgan fingerprint density at radius 2 is 1.96 bits per heavy atom. The van der Waals surface area contributed by atoms with Crippen LogP contribution in [0.3, 0.4) is 0 Å². The molecule has 0 bridgehead atoms. The first-order valence-electron chi connectivity index (χ1n) is 8.23. The highest BCUT2D eigenvalue weighted by Crippen LogP contribution is 2.45. The van der Waals surface area contributed by atoms with E-state index in [2.05, 4.69) is 15.6 Å². The maximum Gasteiger partial charge on any atom is 0.195 e. The number of hydrogen-bond donors (Lipinski definition) is 2. The molecule has 3 rings (SSSR count). The average molecular weight is 378 g/mol. The van der Waals surface area contributed by atoms with Crippen molar-refractivity contribution in [3.63, 3.8) is 0 Å². The predicted octanol–water partition coefficient (Wildman–Crippen LogP) is 4.04. The first-order chi connectivity index (χ1) is 12.6. The van der Waals surface area contributed by atoms with Crippen LogP contribution in [0, 0.1) is 5.82 Å². The molecule has 138 valence electrons. The van der Waals surface area contributed by atoms with Crippen molar-refractivity contribution >= 4 is 23.2 Å². The lowest BCUT2D eigenvalue weighted by atomic mass is 10.1. The zero-order valence-corrected chi connectivity index (χ0v) is 15.6. The Morgan fingerprint density at radius 1 is 1.19 bits per heavy atom. The van der Waals surface area contributed by atoms with Crippen LogP contribution in [-0.2, 0) is 0 Å². The lowest BCUT2D eigenvalue weighted by molar-refractivity contribution is 0.355. The zero-order chi connectivity index (χ0) is 18.7. The zero-order valence-electron chi connectivity index (χ0n) is 14.8. The van der Waals surface area contributed by atoms with Crippen LogP contribution in [0.25, 0.3) is 0 Å². The summed E-state index contributed by atoms with van der Waals surface area (Å²) in [5.41, 5.74) is 1.37. The number of aliphatic imine (C=N–C) groups is 1. The smallest absolute Gasteiger partial charge is 0.195 e. The number of guanidine groups is 1. The molecule has 2 N–H and O–H groups in total. The Morgan fingerprint density at radius 3 is 2.62 bits per heavy atom. The molecule has 0 radical (unpaired) electrons. The van der Waals surface area contributed by atoms with Gasteiger partial charge in [0.1, 0.15) is 5.82 Å². The van der Waals surface area contributed by atoms with E-state index in [1.807, 2.05) is 18.2 Å². The summed E-state index contributed by atoms with van der Waals surface area (Å²) in [4.78, 5) is 4.23. The van der Waals surface area contributed by atoms with Crippen molar-refractivity contribution in [2.75, 3.05) is 26.6 Å². The molecule has 1 fully saturated rings. The summed E-state index contributed by atoms with van der Waals surface area (Å²) in [7, 11) is 4.86. The van der Waals surface area contributed by atoms with Gasteiger partial charge in [0.25, 0.3) is 0 Å². The molecule has 5 nitrogen and oxygen atoms in total. The summed E-state index contributed by atoms with van der Waals surface area (Å²) in [5, 5.41) is 6.96. The third-order valence-electron chi connectivity index (χ3n) is 4.35. The largest absolute Gasteiger partial charge is 0.493 e. The highest BCUT2D eigenvalue weighted by Gasteiger charge is 2.41. The van der Waals surface area contributed by atoms with Crippen LogP contribution in [0.15, 0.2) is 41.4 Å². The Labute approximate surface area is 157 Å². The van der Waals surface area contributed by atoms with Crippen LogP contribution in [0.4, 0.5) is 10.1 Å². The van der Waals surface area contributed by atoms with E-state index in [4.69, 9.17) is 21.1 Å². The Hall–Kier alpha value is -2.47. The molecule has 2 atom stereocenters. The van der Waals surface area contributed by atoms with Gasteiger partial charge >= 0.3 is 0 Å². The molecular weight excluding hydrogens is 357 g/mol. The first kappa shape index (κ1) is 18.3. The third-order valence-corrected chi connectivity index (χ3v) is 4.68. The molecule has 0 aliphatic heterocycles. The van der Waals surface area contributed by atoms with Gasteiger partial charge in [0.15, 0.2) is 17.5 Å². The summed E-state index contributed by atoms with van der Waals surface area (Å²) in [5.74, 6) is 1.63. The number of methoxy groups -OCH3 is 2. The van der Waals surface area contributed by atoms with Crippen molar-refractivity contribution in [3.05, 3.63) is 52.8 Å². The molecule has 0 spiro atoms. The minimum absolute atomic E-state index is 0.0349. The molecule has 0 heterocycles. The number of hydrogen-bond acceptors (Lipinski definition) is 3. The van der Waals surface area contributed by atoms with E-state index in [1.165, 1.54) is 6.07 Å². The summed E-state index contributed by atoms with van der Waals surface area (Å²) in [6.07, 6.45) is 0.799. The van der Waals surface area contributed by atoms with E-state index in [1.54, 1.807) is 33.4 Å². The second-order valence-electron chi connectivity index (χ2n) is 6.00. The van der Waals surface area contributed by atoms with Gasteiger partial charge in [0, 0.05) is 41.3 Å². The molecule has 0 aromatic heterocycles. The lowest BCUT2D eigenvalue weighted by Crippen LogP contribution is -2.33. The monoisotopic (exact) mass is 377 g/mol. The number of anilines is 1. The van der Waals surface area contributed by atoms with Crippen molar-refractivity contribution in [3.8, 4) is 11.5 Å². The van der Waals surface area contributed by atoms with Crippen LogP contribution in [0.2, 0.25) is 5.02 Å². The Bertz CT molecular complexity index is 808. The van der Waals surface area contributed by atoms with Gasteiger partial charge in [0.05, 0.1) is 14.2 Å². The van der Waals surface area contributed by atoms with Crippen molar-refractivity contribution in [1.29, 1.82) is 0 Å². The molecule has 1 aliphatic carbocycles. The van der Waals surface area contributed by atoms with Gasteiger partial charge in [0.2, 0.25) is 0 Å². The van der Waals surface area contributed by atoms with Gasteiger partial charge < -0.3 is 20.1 Å². The molecule has 1 saturated carbocycles. The first-order valence-corrected chi connectivity index (χ1v) is 8.61. The summed E-state index contributed by atoms with van der Waals surface area (Å²) in [6.45, 7) is 0. The third kappa shape index (κ3) is 3.85. The second kappa shape index (κ2) is 7.83. The van der Waals surface area contributed by atoms with E-state index in [9.17, 15) is 4.39 Å². The Kier molecular flexibility index (Phi) is 5.52. The molecule has 2 aromatic rings. The number of ether oxygens (including phenoxy) is 2. The highest BCUT2D eigenvalue weighted by atomic mass is 35.5. The SMILES string of the molecule is CN=C(Nc1ccc(OC)c(OC)c1)NC1CC1c1c(F)cccc1Cl. The molecule has 0 saturated heterocycles. The number of rotatable bonds is 5. The molecule has 26 heavy (non-hydrogen) atoms. The van der Waals surface area contributed by atoms with Gasteiger partial charge in [-0.15, -0.1) is 0 Å². The summed E-state index contributed by atoms with van der Waals surface area (Å²) in [6, 6.07) is 10.3. The topological polar surface area (TPSA) is 54.9 Å². The molecule has 1 aliphatic rings. The van der Waals surface area contributed by atoms with E-state index >= 15 is 0 Å². The van der Waals surface area contributed by atoms with E-state index in [0.717, 1.165) is 12.1 Å². The Balaban J connectivity index is 1.67. The summed E-state index contributed by atoms with van der Waals surface area (Å²) >= 11 is 6.15. The van der Waals surface area contributed by atoms with Gasteiger partial charge in [-0.3, -0.25) is 4.99 Å². The van der Waals surface area contributed by atoms with Crippen LogP contribution in [0.5, 0.6) is 11.5 Å². The number of halogens is 2. The van der Waals surface area contributed by atoms with Crippen LogP contribution in [0.1, 0.15) is 17.9 Å². The lowest BCUT2D eigenvalue weighted by Gasteiger charge is -2.14. The molecular formula is C19H21ClFN3O2. The quantitative estimate of drug-likeness (QED) is 0.610. The average Bonchev–Trinajstić information content (AvgIpc) is 3.39. The molecule has 2 unspecified atom stereocenters. The number of benzene rings is 2. The second-order valence-corrected chi connectivity index (χ2v) is 6.40. The van der Waals surface area contributed by atoms with Crippen LogP contribution in [-0.4, -0.2) is 33.3 Å². The van der Waals surface area contributed by atoms with Crippen molar-refractivity contribution in [2.24, 2.45) is 4.99 Å². The van der Waals surface area contributed by atoms with Crippen LogP contribution >= 0.6 is 11.6 Å². The minimum atomic E-state index is -0.269. The molecule has 0 amide bonds. The highest BCUT2D eigenvalue weighted by molar-refractivity contribution is 6.31. The van der Waals surface area contributed by atoms with Crippen molar-refractivity contribution in [1.82, 2.24) is 5.32 Å². The molecule has 7 heteroatoms. The number of nitrogens with zero attached hydrogens (tertiary/aromatic N) is 1. The standard InChI is InChI=1S/C19H21ClFN3O2/c1-22-19(23-11-7-8-16(25-2)17(9-11)26-3)24-15-10-12(15)18-13(20)5-4-6-14(18)21/h4-9,12,15H,10H2,1-3H3,(H2,22,23,24). The van der Waals surface area contributed by atoms with E-state index < -0.39 is 0 Å². The fourth-order valence-corrected chi connectivity index (χ4v) is 3.22. The van der Waals surface area contributed by atoms with E-state index in [0.29, 0.717) is 28.0 Å². The fourth-order valence-electron chi connectivity index (χ4n) is 2.92. The van der Waals surface area contributed by atoms with Crippen molar-refractivity contribution in [2.45, 2.75) is 18.4 Å². The maximum absolute atomic E-state index is 14.1. The van der Waals surface area contributed by atoms with Gasteiger partial charge in [-0.05, 0) is 30.7 Å². The normalized spacial score (nSPS) is 19.0. The summed E-state index contributed by atoms with van der Waals surface area (Å²) < 4.78 is 24.6. The van der Waals surface area contributed by atoms with Crippen molar-refractivity contribution < 1.29 is 13.9 Å². The van der Waals surface area contributed by atoms with Gasteiger partial charge in [-0.2, -0.15) is 0 Å². The van der Waals surface area contributed by atoms with Crippen LogP contribution < -0.4 is 20.1 Å². The van der Waals surface area contributed by atoms with E-state index in [-0.39, 0.29) is 17.8 Å². The molecule has 2 aromatic carbocycles. The minimum Gasteiger partial charge on any atom is -0.493 e. The fraction of sp³-hybridized carbons (Fsp3) is 0.316. The van der Waals surface area contributed by atoms with Gasteiger partial charge in [-0.25, -0.2) is 4.39 Å². The number of nitrogens with one attached hydrogen (secondary N) is 2. The maximum atomic E-state index is 14.1. The predicted molar refractivity (Wildman–Crippen MR) is 102 cm³/mol. The van der Waals surface area contributed by atoms with Gasteiger partial charge in [-0.1, -0.05) is 17.7 Å².